The van der Waals surface area contributed by atoms with E-state index in [1.807, 2.05) is 11.3 Å². The molecule has 2 heterocycles. The Morgan fingerprint density at radius 1 is 1.00 bits per heavy atom. The van der Waals surface area contributed by atoms with Gasteiger partial charge in [0.1, 0.15) is 0 Å². The highest BCUT2D eigenvalue weighted by Crippen LogP contribution is 2.39. The van der Waals surface area contributed by atoms with Crippen molar-refractivity contribution in [3.63, 3.8) is 0 Å². The Labute approximate surface area is 173 Å². The highest BCUT2D eigenvalue weighted by Gasteiger charge is 2.53. The van der Waals surface area contributed by atoms with Crippen molar-refractivity contribution in [2.75, 3.05) is 0 Å². The number of hydrogen-bond acceptors (Lipinski definition) is 3. The zero-order chi connectivity index (χ0) is 20.7. The van der Waals surface area contributed by atoms with Gasteiger partial charge in [-0.1, -0.05) is 60.1 Å². The van der Waals surface area contributed by atoms with Crippen molar-refractivity contribution < 1.29 is 9.31 Å². The summed E-state index contributed by atoms with van der Waals surface area (Å²) in [5.41, 5.74) is 0.908. The molecule has 0 bridgehead atoms. The van der Waals surface area contributed by atoms with Crippen molar-refractivity contribution in [1.29, 1.82) is 0 Å². The predicted molar refractivity (Wildman–Crippen MR) is 125 cm³/mol. The Hall–Kier alpha value is -0.0982. The lowest BCUT2D eigenvalue weighted by Gasteiger charge is -2.36. The molecule has 1 fully saturated rings. The average Bonchev–Trinajstić information content (AvgIpc) is 3.02. The van der Waals surface area contributed by atoms with Crippen LogP contribution in [0.1, 0.15) is 86.6 Å². The van der Waals surface area contributed by atoms with Crippen LogP contribution in [-0.2, 0) is 15.7 Å². The lowest BCUT2D eigenvalue weighted by Crippen LogP contribution is -2.48. The van der Waals surface area contributed by atoms with Gasteiger partial charge in [-0.15, -0.1) is 0 Å². The lowest BCUT2D eigenvalue weighted by atomic mass is 9.83. The number of rotatable bonds is 7. The van der Waals surface area contributed by atoms with Gasteiger partial charge in [0.2, 0.25) is 0 Å². The average molecular weight is 409 g/mol. The van der Waals surface area contributed by atoms with Crippen LogP contribution in [0.25, 0.3) is 0 Å². The minimum Gasteiger partial charge on any atom is -0.399 e. The number of aryl methyl sites for hydroxylation is 1. The fourth-order valence-corrected chi connectivity index (χ4v) is 7.67. The molecule has 5 heteroatoms. The molecule has 1 saturated heterocycles. The quantitative estimate of drug-likeness (QED) is 0.414. The first-order valence-electron chi connectivity index (χ1n) is 10.7. The van der Waals surface area contributed by atoms with Crippen LogP contribution in [-0.4, -0.2) is 26.4 Å². The first-order chi connectivity index (χ1) is 12.2. The summed E-state index contributed by atoms with van der Waals surface area (Å²) in [6.07, 6.45) is 6.32. The van der Waals surface area contributed by atoms with E-state index >= 15 is 0 Å². The SMILES string of the molecule is CCCCCCc1cc([Si](C)(C)C(C)(C)C)sc1B1OC(C)(C)C(C)(C)O1. The number of thiophene rings is 1. The van der Waals surface area contributed by atoms with Gasteiger partial charge < -0.3 is 9.31 Å². The van der Waals surface area contributed by atoms with E-state index in [0.29, 0.717) is 5.04 Å². The summed E-state index contributed by atoms with van der Waals surface area (Å²) in [5, 5.41) is 0.338. The molecule has 0 aromatic carbocycles. The van der Waals surface area contributed by atoms with Crippen LogP contribution in [0.4, 0.5) is 0 Å². The van der Waals surface area contributed by atoms with Crippen molar-refractivity contribution in [2.24, 2.45) is 0 Å². The maximum absolute atomic E-state index is 6.43. The van der Waals surface area contributed by atoms with Crippen LogP contribution < -0.4 is 9.28 Å². The summed E-state index contributed by atoms with van der Waals surface area (Å²) in [5.74, 6) is 0. The van der Waals surface area contributed by atoms with Gasteiger partial charge in [-0.25, -0.2) is 0 Å². The molecule has 0 aliphatic carbocycles. The van der Waals surface area contributed by atoms with Crippen LogP contribution >= 0.6 is 11.3 Å². The maximum Gasteiger partial charge on any atom is 0.505 e. The highest BCUT2D eigenvalue weighted by atomic mass is 32.1. The highest BCUT2D eigenvalue weighted by molar-refractivity contribution is 7.33. The Morgan fingerprint density at radius 2 is 1.56 bits per heavy atom. The Balaban J connectivity index is 2.37. The molecule has 1 aliphatic rings. The van der Waals surface area contributed by atoms with Gasteiger partial charge in [-0.3, -0.25) is 0 Å². The van der Waals surface area contributed by atoms with Crippen molar-refractivity contribution in [1.82, 2.24) is 0 Å². The lowest BCUT2D eigenvalue weighted by molar-refractivity contribution is 0.00578. The predicted octanol–water partition coefficient (Wildman–Crippen LogP) is 5.89. The molecule has 0 amide bonds. The summed E-state index contributed by atoms with van der Waals surface area (Å²) in [6, 6.07) is 2.51. The summed E-state index contributed by atoms with van der Waals surface area (Å²) in [4.78, 5) is 0. The molecule has 27 heavy (non-hydrogen) atoms. The molecule has 0 atom stereocenters. The monoisotopic (exact) mass is 408 g/mol. The Bertz CT molecular complexity index is 627. The zero-order valence-electron chi connectivity index (χ0n) is 19.4. The van der Waals surface area contributed by atoms with E-state index < -0.39 is 8.07 Å². The van der Waals surface area contributed by atoms with E-state index in [9.17, 15) is 0 Å². The molecule has 0 saturated carbocycles. The van der Waals surface area contributed by atoms with Crippen molar-refractivity contribution in [3.05, 3.63) is 11.6 Å². The van der Waals surface area contributed by atoms with Gasteiger partial charge in [-0.05, 0) is 61.7 Å². The van der Waals surface area contributed by atoms with Crippen LogP contribution in [0.5, 0.6) is 0 Å². The summed E-state index contributed by atoms with van der Waals surface area (Å²) in [7, 11) is -1.78. The third kappa shape index (κ3) is 4.74. The largest absolute Gasteiger partial charge is 0.505 e. The fraction of sp³-hybridized carbons (Fsp3) is 0.818. The maximum atomic E-state index is 6.43. The van der Waals surface area contributed by atoms with E-state index in [1.54, 1.807) is 4.50 Å². The molecule has 2 rings (SSSR count). The van der Waals surface area contributed by atoms with Gasteiger partial charge in [0.25, 0.3) is 0 Å². The Morgan fingerprint density at radius 3 is 2.04 bits per heavy atom. The van der Waals surface area contributed by atoms with E-state index in [0.717, 1.165) is 6.42 Å². The van der Waals surface area contributed by atoms with Crippen molar-refractivity contribution in [2.45, 2.75) is 117 Å². The van der Waals surface area contributed by atoms with Crippen LogP contribution in [0.3, 0.4) is 0 Å². The van der Waals surface area contributed by atoms with Crippen molar-refractivity contribution in [3.8, 4) is 0 Å². The molecule has 1 aromatic rings. The fourth-order valence-electron chi connectivity index (χ4n) is 3.21. The topological polar surface area (TPSA) is 18.5 Å². The first-order valence-corrected chi connectivity index (χ1v) is 14.5. The molecule has 1 aromatic heterocycles. The third-order valence-corrected chi connectivity index (χ3v) is 15.1. The van der Waals surface area contributed by atoms with E-state index in [4.69, 9.17) is 9.31 Å². The minimum absolute atomic E-state index is 0.223. The minimum atomic E-state index is -1.56. The normalized spacial score (nSPS) is 19.7. The first kappa shape index (κ1) is 23.2. The smallest absolute Gasteiger partial charge is 0.399 e. The van der Waals surface area contributed by atoms with Crippen LogP contribution in [0.2, 0.25) is 18.1 Å². The van der Waals surface area contributed by atoms with Gasteiger partial charge in [0.15, 0.2) is 0 Å². The van der Waals surface area contributed by atoms with Gasteiger partial charge in [-0.2, -0.15) is 11.3 Å². The number of hydrogen-bond donors (Lipinski definition) is 0. The molecule has 154 valence electrons. The summed E-state index contributed by atoms with van der Waals surface area (Å²) in [6.45, 7) is 23.1. The van der Waals surface area contributed by atoms with Gasteiger partial charge >= 0.3 is 7.12 Å². The van der Waals surface area contributed by atoms with E-state index in [2.05, 4.69) is 74.6 Å². The Kier molecular flexibility index (Phi) is 6.84. The van der Waals surface area contributed by atoms with Gasteiger partial charge in [0, 0.05) is 4.78 Å². The molecule has 2 nitrogen and oxygen atoms in total. The third-order valence-electron chi connectivity index (χ3n) is 7.10. The molecular weight excluding hydrogens is 367 g/mol. The second kappa shape index (κ2) is 7.97. The molecule has 0 unspecified atom stereocenters. The second-order valence-electron chi connectivity index (χ2n) is 10.8. The molecule has 0 radical (unpaired) electrons. The molecule has 0 spiro atoms. The van der Waals surface area contributed by atoms with Crippen LogP contribution in [0, 0.1) is 0 Å². The second-order valence-corrected chi connectivity index (χ2v) is 17.5. The van der Waals surface area contributed by atoms with E-state index in [1.165, 1.54) is 36.0 Å². The number of unbranched alkanes of at least 4 members (excludes halogenated alkanes) is 3. The van der Waals surface area contributed by atoms with Gasteiger partial charge in [0.05, 0.1) is 19.3 Å². The zero-order valence-corrected chi connectivity index (χ0v) is 21.2. The summed E-state index contributed by atoms with van der Waals surface area (Å²) < 4.78 is 15.8. The van der Waals surface area contributed by atoms with Crippen molar-refractivity contribution >= 4 is 35.8 Å². The molecule has 0 N–H and O–H groups in total. The standard InChI is InChI=1S/C22H41BO2SSi/c1-11-12-13-14-15-17-16-18(27(9,10)20(2,3)4)26-19(17)23-24-21(5,6)22(7,8)25-23/h16H,11-15H2,1-10H3. The summed E-state index contributed by atoms with van der Waals surface area (Å²) >= 11 is 1.97. The van der Waals surface area contributed by atoms with E-state index in [-0.39, 0.29) is 18.3 Å². The molecular formula is C22H41BO2SSi. The molecule has 1 aliphatic heterocycles. The van der Waals surface area contributed by atoms with Crippen LogP contribution in [0.15, 0.2) is 6.07 Å².